The Bertz CT molecular complexity index is 711. The van der Waals surface area contributed by atoms with Crippen molar-refractivity contribution in [1.82, 2.24) is 14.9 Å². The number of carbonyl (C=O) groups is 2. The summed E-state index contributed by atoms with van der Waals surface area (Å²) in [6.07, 6.45) is 6.28. The molecule has 0 radical (unpaired) electrons. The van der Waals surface area contributed by atoms with E-state index in [2.05, 4.69) is 15.3 Å². The number of aromatic nitrogens is 2. The van der Waals surface area contributed by atoms with Crippen LogP contribution in [0.3, 0.4) is 0 Å². The van der Waals surface area contributed by atoms with Gasteiger partial charge in [0.25, 0.3) is 5.91 Å². The van der Waals surface area contributed by atoms with Crippen LogP contribution in [0.4, 0.5) is 5.95 Å². The first-order valence-corrected chi connectivity index (χ1v) is 8.91. The van der Waals surface area contributed by atoms with Gasteiger partial charge in [0, 0.05) is 31.4 Å². The lowest BCUT2D eigenvalue weighted by molar-refractivity contribution is -0.121. The maximum Gasteiger partial charge on any atom is 0.289 e. The van der Waals surface area contributed by atoms with E-state index >= 15 is 0 Å². The molecular weight excluding hydrogens is 328 g/mol. The average molecular weight is 346 g/mol. The van der Waals surface area contributed by atoms with Crippen molar-refractivity contribution in [2.75, 3.05) is 24.7 Å². The van der Waals surface area contributed by atoms with Crippen molar-refractivity contribution in [2.45, 2.75) is 17.9 Å². The molecule has 126 valence electrons. The highest BCUT2D eigenvalue weighted by Gasteiger charge is 2.29. The normalized spacial score (nSPS) is 15.3. The van der Waals surface area contributed by atoms with Gasteiger partial charge in [0.05, 0.1) is 0 Å². The van der Waals surface area contributed by atoms with Crippen molar-refractivity contribution in [2.24, 2.45) is 5.92 Å². The van der Waals surface area contributed by atoms with Crippen LogP contribution in [-0.2, 0) is 4.79 Å². The van der Waals surface area contributed by atoms with Crippen molar-refractivity contribution in [3.05, 3.63) is 36.4 Å². The molecule has 2 amide bonds. The molecule has 0 atom stereocenters. The molecule has 1 fully saturated rings. The van der Waals surface area contributed by atoms with E-state index in [9.17, 15) is 9.59 Å². The molecule has 0 unspecified atom stereocenters. The lowest BCUT2D eigenvalue weighted by Gasteiger charge is -2.30. The minimum Gasteiger partial charge on any atom is -0.445 e. The molecule has 2 aromatic heterocycles. The van der Waals surface area contributed by atoms with E-state index in [1.807, 2.05) is 6.26 Å². The molecule has 2 aromatic rings. The topological polar surface area (TPSA) is 88.3 Å². The lowest BCUT2D eigenvalue weighted by Crippen LogP contribution is -2.41. The predicted octanol–water partition coefficient (Wildman–Crippen LogP) is 2.28. The molecule has 7 nitrogen and oxygen atoms in total. The third kappa shape index (κ3) is 3.76. The molecule has 0 spiro atoms. The molecule has 0 bridgehead atoms. The second-order valence-corrected chi connectivity index (χ2v) is 6.26. The summed E-state index contributed by atoms with van der Waals surface area (Å²) in [7, 11) is 0. The Hall–Kier alpha value is -2.35. The Labute approximate surface area is 143 Å². The van der Waals surface area contributed by atoms with Crippen LogP contribution in [0.15, 0.2) is 40.1 Å². The number of furan rings is 1. The second-order valence-electron chi connectivity index (χ2n) is 5.45. The van der Waals surface area contributed by atoms with Gasteiger partial charge in [0.2, 0.25) is 11.9 Å². The molecule has 0 aliphatic carbocycles. The fraction of sp³-hybridized carbons (Fsp3) is 0.375. The molecule has 1 saturated heterocycles. The molecule has 24 heavy (non-hydrogen) atoms. The molecular formula is C16H18N4O3S. The van der Waals surface area contributed by atoms with E-state index in [4.69, 9.17) is 4.42 Å². The summed E-state index contributed by atoms with van der Waals surface area (Å²) in [5, 5.41) is 3.43. The summed E-state index contributed by atoms with van der Waals surface area (Å²) in [5.41, 5.74) is 0. The number of thioether (sulfide) groups is 1. The SMILES string of the molecule is CSc1ccc(C(=O)N2CCC(C(=O)Nc3ncccn3)CC2)o1. The van der Waals surface area contributed by atoms with Crippen molar-refractivity contribution < 1.29 is 14.0 Å². The van der Waals surface area contributed by atoms with Crippen molar-refractivity contribution in [3.8, 4) is 0 Å². The lowest BCUT2D eigenvalue weighted by atomic mass is 9.96. The van der Waals surface area contributed by atoms with Crippen LogP contribution in [0.25, 0.3) is 0 Å². The third-order valence-corrected chi connectivity index (χ3v) is 4.57. The molecule has 1 N–H and O–H groups in total. The van der Waals surface area contributed by atoms with E-state index in [1.165, 1.54) is 11.8 Å². The van der Waals surface area contributed by atoms with Gasteiger partial charge in [0.1, 0.15) is 0 Å². The Kier molecular flexibility index (Phi) is 5.14. The van der Waals surface area contributed by atoms with Crippen LogP contribution in [0.2, 0.25) is 0 Å². The number of anilines is 1. The van der Waals surface area contributed by atoms with Gasteiger partial charge in [-0.1, -0.05) is 11.8 Å². The first-order chi connectivity index (χ1) is 11.7. The standard InChI is InChI=1S/C16H18N4O3S/c1-24-13-4-3-12(23-13)15(22)20-9-5-11(6-10-20)14(21)19-16-17-7-2-8-18-16/h2-4,7-8,11H,5-6,9-10H2,1H3,(H,17,18,19,21). The molecule has 3 heterocycles. The van der Waals surface area contributed by atoms with Gasteiger partial charge >= 0.3 is 0 Å². The zero-order valence-corrected chi connectivity index (χ0v) is 14.1. The maximum atomic E-state index is 12.4. The number of carbonyl (C=O) groups excluding carboxylic acids is 2. The highest BCUT2D eigenvalue weighted by molar-refractivity contribution is 7.98. The average Bonchev–Trinajstić information content (AvgIpc) is 3.11. The Morgan fingerprint density at radius 2 is 1.96 bits per heavy atom. The highest BCUT2D eigenvalue weighted by atomic mass is 32.2. The minimum absolute atomic E-state index is 0.101. The first-order valence-electron chi connectivity index (χ1n) is 7.68. The molecule has 1 aliphatic heterocycles. The van der Waals surface area contributed by atoms with Crippen LogP contribution in [-0.4, -0.2) is 46.0 Å². The molecule has 0 saturated carbocycles. The Morgan fingerprint density at radius 1 is 1.25 bits per heavy atom. The quantitative estimate of drug-likeness (QED) is 0.855. The number of rotatable bonds is 4. The summed E-state index contributed by atoms with van der Waals surface area (Å²) < 4.78 is 5.48. The maximum absolute atomic E-state index is 12.4. The van der Waals surface area contributed by atoms with Gasteiger partial charge in [-0.15, -0.1) is 0 Å². The fourth-order valence-electron chi connectivity index (χ4n) is 2.62. The van der Waals surface area contributed by atoms with E-state index in [-0.39, 0.29) is 17.7 Å². The van der Waals surface area contributed by atoms with Crippen LogP contribution >= 0.6 is 11.8 Å². The van der Waals surface area contributed by atoms with Crippen LogP contribution in [0, 0.1) is 5.92 Å². The number of likely N-dealkylation sites (tertiary alicyclic amines) is 1. The largest absolute Gasteiger partial charge is 0.445 e. The van der Waals surface area contributed by atoms with E-state index in [0.717, 1.165) is 5.09 Å². The summed E-state index contributed by atoms with van der Waals surface area (Å²) in [6, 6.07) is 5.18. The number of amides is 2. The highest BCUT2D eigenvalue weighted by Crippen LogP contribution is 2.23. The van der Waals surface area contributed by atoms with Crippen molar-refractivity contribution in [1.29, 1.82) is 0 Å². The minimum atomic E-state index is -0.142. The molecule has 1 aliphatic rings. The Morgan fingerprint density at radius 3 is 2.58 bits per heavy atom. The fourth-order valence-corrected chi connectivity index (χ4v) is 3.00. The van der Waals surface area contributed by atoms with Gasteiger partial charge in [-0.2, -0.15) is 0 Å². The van der Waals surface area contributed by atoms with Gasteiger partial charge in [-0.05, 0) is 37.3 Å². The predicted molar refractivity (Wildman–Crippen MR) is 89.8 cm³/mol. The van der Waals surface area contributed by atoms with E-state index < -0.39 is 0 Å². The number of nitrogens with zero attached hydrogens (tertiary/aromatic N) is 3. The van der Waals surface area contributed by atoms with E-state index in [0.29, 0.717) is 37.6 Å². The summed E-state index contributed by atoms with van der Waals surface area (Å²) >= 11 is 1.46. The smallest absolute Gasteiger partial charge is 0.289 e. The van der Waals surface area contributed by atoms with Crippen LogP contribution in [0.1, 0.15) is 23.4 Å². The number of hydrogen-bond acceptors (Lipinski definition) is 6. The number of nitrogens with one attached hydrogen (secondary N) is 1. The monoisotopic (exact) mass is 346 g/mol. The van der Waals surface area contributed by atoms with Crippen LogP contribution in [0.5, 0.6) is 0 Å². The van der Waals surface area contributed by atoms with Gasteiger partial charge in [-0.3, -0.25) is 14.9 Å². The zero-order valence-electron chi connectivity index (χ0n) is 13.3. The number of hydrogen-bond donors (Lipinski definition) is 1. The van der Waals surface area contributed by atoms with Gasteiger partial charge in [-0.25, -0.2) is 9.97 Å². The molecule has 8 heteroatoms. The molecule has 3 rings (SSSR count). The summed E-state index contributed by atoms with van der Waals surface area (Å²) in [4.78, 5) is 34.3. The number of piperidine rings is 1. The second kappa shape index (κ2) is 7.48. The van der Waals surface area contributed by atoms with Crippen molar-refractivity contribution in [3.63, 3.8) is 0 Å². The summed E-state index contributed by atoms with van der Waals surface area (Å²) in [6.45, 7) is 1.06. The first kappa shape index (κ1) is 16.5. The zero-order chi connectivity index (χ0) is 16.9. The van der Waals surface area contributed by atoms with Crippen molar-refractivity contribution >= 4 is 29.5 Å². The van der Waals surface area contributed by atoms with Crippen LogP contribution < -0.4 is 5.32 Å². The van der Waals surface area contributed by atoms with E-state index in [1.54, 1.807) is 35.5 Å². The third-order valence-electron chi connectivity index (χ3n) is 3.95. The van der Waals surface area contributed by atoms with Gasteiger partial charge < -0.3 is 9.32 Å². The summed E-state index contributed by atoms with van der Waals surface area (Å²) in [5.74, 6) is 0.286. The van der Waals surface area contributed by atoms with Gasteiger partial charge in [0.15, 0.2) is 10.9 Å². The Balaban J connectivity index is 1.53. The molecule has 0 aromatic carbocycles.